The van der Waals surface area contributed by atoms with Crippen molar-refractivity contribution in [1.82, 2.24) is 10.2 Å². The second-order valence-corrected chi connectivity index (χ2v) is 6.09. The van der Waals surface area contributed by atoms with Crippen molar-refractivity contribution in [2.75, 3.05) is 45.9 Å². The number of halogens is 1. The third-order valence-electron chi connectivity index (χ3n) is 3.69. The Kier molecular flexibility index (Phi) is 6.96. The second-order valence-electron chi connectivity index (χ2n) is 5.26. The zero-order chi connectivity index (χ0) is 15.8. The molecule has 1 saturated heterocycles. The van der Waals surface area contributed by atoms with Gasteiger partial charge in [-0.3, -0.25) is 0 Å². The van der Waals surface area contributed by atoms with Crippen molar-refractivity contribution in [3.63, 3.8) is 0 Å². The molecule has 0 bridgehead atoms. The molecule has 0 unspecified atom stereocenters. The van der Waals surface area contributed by atoms with E-state index >= 15 is 0 Å². The Morgan fingerprint density at radius 3 is 2.68 bits per heavy atom. The summed E-state index contributed by atoms with van der Waals surface area (Å²) in [4.78, 5) is 3.78. The first kappa shape index (κ1) is 17.1. The smallest absolute Gasteiger partial charge is 0.169 e. The minimum atomic E-state index is 0.718. The van der Waals surface area contributed by atoms with Crippen LogP contribution < -0.4 is 15.0 Å². The van der Waals surface area contributed by atoms with Crippen LogP contribution in [0.25, 0.3) is 0 Å². The lowest BCUT2D eigenvalue weighted by Gasteiger charge is -2.33. The molecule has 1 heterocycles. The Hall–Kier alpha value is -1.30. The molecule has 1 fully saturated rings. The normalized spacial score (nSPS) is 15.4. The van der Waals surface area contributed by atoms with E-state index in [4.69, 9.17) is 28.6 Å². The fourth-order valence-electron chi connectivity index (χ4n) is 2.39. The summed E-state index contributed by atoms with van der Waals surface area (Å²) >= 11 is 11.2. The van der Waals surface area contributed by atoms with Gasteiger partial charge in [0.2, 0.25) is 0 Å². The van der Waals surface area contributed by atoms with Crippen LogP contribution in [0.15, 0.2) is 36.9 Å². The molecule has 22 heavy (non-hydrogen) atoms. The highest BCUT2D eigenvalue weighted by molar-refractivity contribution is 7.80. The van der Waals surface area contributed by atoms with Gasteiger partial charge in [-0.15, -0.1) is 6.58 Å². The van der Waals surface area contributed by atoms with Crippen molar-refractivity contribution in [3.05, 3.63) is 41.9 Å². The molecule has 2 N–H and O–H groups in total. The highest BCUT2D eigenvalue weighted by atomic mass is 35.5. The van der Waals surface area contributed by atoms with Gasteiger partial charge < -0.3 is 19.9 Å². The van der Waals surface area contributed by atoms with E-state index in [-0.39, 0.29) is 0 Å². The van der Waals surface area contributed by atoms with Crippen LogP contribution >= 0.6 is 23.8 Å². The average molecular weight is 341 g/mol. The monoisotopic (exact) mass is 340 g/mol. The summed E-state index contributed by atoms with van der Waals surface area (Å²) in [5, 5.41) is 4.74. The number of piperazine rings is 1. The van der Waals surface area contributed by atoms with Crippen LogP contribution in [-0.2, 0) is 0 Å². The Morgan fingerprint density at radius 1 is 1.36 bits per heavy atom. The number of nitrogens with zero attached hydrogens (tertiary/aromatic N) is 1. The number of quaternary nitrogens is 1. The van der Waals surface area contributed by atoms with Crippen molar-refractivity contribution in [2.24, 2.45) is 0 Å². The minimum absolute atomic E-state index is 0.718. The van der Waals surface area contributed by atoms with Crippen LogP contribution in [0.5, 0.6) is 5.75 Å². The predicted octanol–water partition coefficient (Wildman–Crippen LogP) is 0.980. The Morgan fingerprint density at radius 2 is 2.05 bits per heavy atom. The molecule has 0 amide bonds. The summed E-state index contributed by atoms with van der Waals surface area (Å²) in [5.74, 6) is 0.872. The molecular weight excluding hydrogens is 318 g/mol. The number of nitrogens with one attached hydrogen (secondary N) is 2. The summed E-state index contributed by atoms with van der Waals surface area (Å²) < 4.78 is 5.75. The lowest BCUT2D eigenvalue weighted by Crippen LogP contribution is -3.15. The molecular formula is C16H23ClN3OS+. The molecule has 2 rings (SSSR count). The van der Waals surface area contributed by atoms with Gasteiger partial charge in [0.1, 0.15) is 18.9 Å². The van der Waals surface area contributed by atoms with Crippen LogP contribution in [0.2, 0.25) is 5.02 Å². The van der Waals surface area contributed by atoms with E-state index < -0.39 is 0 Å². The van der Waals surface area contributed by atoms with Gasteiger partial charge in [-0.2, -0.15) is 0 Å². The van der Waals surface area contributed by atoms with Crippen molar-refractivity contribution in [1.29, 1.82) is 0 Å². The van der Waals surface area contributed by atoms with Crippen molar-refractivity contribution < 1.29 is 9.64 Å². The van der Waals surface area contributed by atoms with Gasteiger partial charge in [-0.05, 0) is 36.5 Å². The Labute approximate surface area is 142 Å². The van der Waals surface area contributed by atoms with Gasteiger partial charge in [0.05, 0.1) is 26.2 Å². The molecule has 0 saturated carbocycles. The van der Waals surface area contributed by atoms with Crippen LogP contribution in [0.4, 0.5) is 0 Å². The van der Waals surface area contributed by atoms with E-state index in [1.54, 1.807) is 4.90 Å². The summed E-state index contributed by atoms with van der Waals surface area (Å²) in [5.41, 5.74) is 0. The van der Waals surface area contributed by atoms with Gasteiger partial charge in [0.25, 0.3) is 0 Å². The first-order chi connectivity index (χ1) is 10.7. The number of thiocarbonyl (C=S) groups is 1. The highest BCUT2D eigenvalue weighted by Gasteiger charge is 2.21. The van der Waals surface area contributed by atoms with Crippen molar-refractivity contribution >= 4 is 28.9 Å². The zero-order valence-electron chi connectivity index (χ0n) is 12.7. The fraction of sp³-hybridized carbons (Fsp3) is 0.438. The molecule has 0 aromatic heterocycles. The molecule has 1 aromatic carbocycles. The van der Waals surface area contributed by atoms with E-state index in [2.05, 4.69) is 16.8 Å². The molecule has 0 radical (unpaired) electrons. The first-order valence-electron chi connectivity index (χ1n) is 7.54. The molecule has 1 aliphatic heterocycles. The van der Waals surface area contributed by atoms with Gasteiger partial charge in [0.15, 0.2) is 5.11 Å². The lowest BCUT2D eigenvalue weighted by atomic mass is 10.3. The second kappa shape index (κ2) is 8.98. The third-order valence-corrected chi connectivity index (χ3v) is 4.35. The SMILES string of the molecule is C=CCNC(=S)N1CC[NH+](CCOc2ccc(Cl)cc2)CC1. The largest absolute Gasteiger partial charge is 0.488 e. The molecule has 0 spiro atoms. The number of hydrogen-bond acceptors (Lipinski definition) is 2. The summed E-state index contributed by atoms with van der Waals surface area (Å²) in [7, 11) is 0. The summed E-state index contributed by atoms with van der Waals surface area (Å²) in [6.07, 6.45) is 1.82. The Bertz CT molecular complexity index is 487. The maximum absolute atomic E-state index is 5.85. The van der Waals surface area contributed by atoms with Gasteiger partial charge in [-0.1, -0.05) is 17.7 Å². The molecule has 0 aliphatic carbocycles. The van der Waals surface area contributed by atoms with Crippen LogP contribution in [0, 0.1) is 0 Å². The van der Waals surface area contributed by atoms with E-state index in [1.807, 2.05) is 30.3 Å². The number of ether oxygens (including phenoxy) is 1. The van der Waals surface area contributed by atoms with E-state index in [1.165, 1.54) is 0 Å². The average Bonchev–Trinajstić information content (AvgIpc) is 2.55. The minimum Gasteiger partial charge on any atom is -0.488 e. The summed E-state index contributed by atoms with van der Waals surface area (Å²) in [6, 6.07) is 7.50. The third kappa shape index (κ3) is 5.48. The van der Waals surface area contributed by atoms with Crippen LogP contribution in [-0.4, -0.2) is 55.9 Å². The van der Waals surface area contributed by atoms with E-state index in [0.717, 1.165) is 61.8 Å². The topological polar surface area (TPSA) is 28.9 Å². The summed E-state index contributed by atoms with van der Waals surface area (Å²) in [6.45, 7) is 10.3. The zero-order valence-corrected chi connectivity index (χ0v) is 14.3. The fourth-order valence-corrected chi connectivity index (χ4v) is 2.78. The lowest BCUT2D eigenvalue weighted by molar-refractivity contribution is -0.903. The maximum atomic E-state index is 5.85. The van der Waals surface area contributed by atoms with Gasteiger partial charge in [0, 0.05) is 11.6 Å². The quantitative estimate of drug-likeness (QED) is 0.597. The van der Waals surface area contributed by atoms with Crippen molar-refractivity contribution in [3.8, 4) is 5.75 Å². The first-order valence-corrected chi connectivity index (χ1v) is 8.33. The van der Waals surface area contributed by atoms with E-state index in [9.17, 15) is 0 Å². The number of hydrogen-bond donors (Lipinski definition) is 2. The molecule has 0 atom stereocenters. The maximum Gasteiger partial charge on any atom is 0.169 e. The van der Waals surface area contributed by atoms with Crippen LogP contribution in [0.3, 0.4) is 0 Å². The molecule has 120 valence electrons. The highest BCUT2D eigenvalue weighted by Crippen LogP contribution is 2.14. The molecule has 4 nitrogen and oxygen atoms in total. The van der Waals surface area contributed by atoms with Crippen molar-refractivity contribution in [2.45, 2.75) is 0 Å². The molecule has 6 heteroatoms. The van der Waals surface area contributed by atoms with E-state index in [0.29, 0.717) is 0 Å². The van der Waals surface area contributed by atoms with Gasteiger partial charge >= 0.3 is 0 Å². The standard InChI is InChI=1S/C16H22ClN3OS/c1-2-7-18-16(22)20-10-8-19(9-11-20)12-13-21-15-5-3-14(17)4-6-15/h2-6H,1,7-13H2,(H,18,22)/p+1. The van der Waals surface area contributed by atoms with Gasteiger partial charge in [-0.25, -0.2) is 0 Å². The predicted molar refractivity (Wildman–Crippen MR) is 94.9 cm³/mol. The number of rotatable bonds is 6. The number of benzene rings is 1. The molecule has 1 aliphatic rings. The Balaban J connectivity index is 1.64. The van der Waals surface area contributed by atoms with Crippen LogP contribution in [0.1, 0.15) is 0 Å². The molecule has 1 aromatic rings.